The van der Waals surface area contributed by atoms with Gasteiger partial charge in [0.2, 0.25) is 0 Å². The normalized spacial score (nSPS) is 12.4. The maximum Gasteiger partial charge on any atom is 0.119 e. The van der Waals surface area contributed by atoms with Crippen LogP contribution in [0.1, 0.15) is 36.7 Å². The summed E-state index contributed by atoms with van der Waals surface area (Å²) in [6, 6.07) is 8.45. The molecule has 108 valence electrons. The Labute approximate surface area is 120 Å². The lowest BCUT2D eigenvalue weighted by molar-refractivity contribution is 0.340. The van der Waals surface area contributed by atoms with Crippen LogP contribution in [-0.4, -0.2) is 22.9 Å². The minimum atomic E-state index is 0.171. The number of benzene rings is 1. The van der Waals surface area contributed by atoms with E-state index >= 15 is 0 Å². The molecule has 0 aliphatic heterocycles. The van der Waals surface area contributed by atoms with Crippen molar-refractivity contribution in [1.82, 2.24) is 15.1 Å². The fraction of sp³-hybridized carbons (Fsp3) is 0.438. The summed E-state index contributed by atoms with van der Waals surface area (Å²) in [5.41, 5.74) is 3.51. The average molecular weight is 273 g/mol. The van der Waals surface area contributed by atoms with E-state index in [0.717, 1.165) is 18.0 Å². The van der Waals surface area contributed by atoms with E-state index in [2.05, 4.69) is 35.7 Å². The molecule has 0 amide bonds. The van der Waals surface area contributed by atoms with Crippen LogP contribution in [0.15, 0.2) is 30.5 Å². The Balaban J connectivity index is 2.30. The first-order valence-corrected chi connectivity index (χ1v) is 7.12. The van der Waals surface area contributed by atoms with Gasteiger partial charge < -0.3 is 10.1 Å². The molecule has 0 saturated heterocycles. The van der Waals surface area contributed by atoms with Gasteiger partial charge in [-0.25, -0.2) is 0 Å². The van der Waals surface area contributed by atoms with E-state index in [4.69, 9.17) is 4.74 Å². The second-order valence-corrected chi connectivity index (χ2v) is 4.84. The lowest BCUT2D eigenvalue weighted by Gasteiger charge is -2.18. The number of ether oxygens (including phenoxy) is 1. The van der Waals surface area contributed by atoms with Crippen molar-refractivity contribution in [2.24, 2.45) is 7.05 Å². The van der Waals surface area contributed by atoms with Gasteiger partial charge in [0.25, 0.3) is 0 Å². The lowest BCUT2D eigenvalue weighted by atomic mass is 9.99. The van der Waals surface area contributed by atoms with Gasteiger partial charge >= 0.3 is 0 Å². The van der Waals surface area contributed by atoms with E-state index in [1.165, 1.54) is 11.1 Å². The Morgan fingerprint density at radius 2 is 1.95 bits per heavy atom. The van der Waals surface area contributed by atoms with Crippen LogP contribution in [0.2, 0.25) is 0 Å². The van der Waals surface area contributed by atoms with Crippen LogP contribution in [0.25, 0.3) is 0 Å². The topological polar surface area (TPSA) is 39.1 Å². The third kappa shape index (κ3) is 3.20. The smallest absolute Gasteiger partial charge is 0.119 e. The molecule has 0 bridgehead atoms. The molecular formula is C16H23N3O. The molecule has 0 fully saturated rings. The number of aryl methyl sites for hydroxylation is 2. The quantitative estimate of drug-likeness (QED) is 0.879. The SMILES string of the molecule is CCNC(c1ccc(OCC)cc1)c1cn(C)nc1C. The van der Waals surface area contributed by atoms with Gasteiger partial charge in [-0.3, -0.25) is 4.68 Å². The molecule has 1 aromatic carbocycles. The Kier molecular flexibility index (Phi) is 4.79. The van der Waals surface area contributed by atoms with Crippen molar-refractivity contribution in [3.63, 3.8) is 0 Å². The summed E-state index contributed by atoms with van der Waals surface area (Å²) in [5, 5.41) is 7.97. The van der Waals surface area contributed by atoms with E-state index in [0.29, 0.717) is 6.61 Å². The summed E-state index contributed by atoms with van der Waals surface area (Å²) in [4.78, 5) is 0. The molecule has 2 rings (SSSR count). The van der Waals surface area contributed by atoms with Crippen molar-refractivity contribution in [3.05, 3.63) is 47.3 Å². The number of nitrogens with zero attached hydrogens (tertiary/aromatic N) is 2. The van der Waals surface area contributed by atoms with Crippen LogP contribution in [0.5, 0.6) is 5.75 Å². The molecule has 1 heterocycles. The summed E-state index contributed by atoms with van der Waals surface area (Å²) in [5.74, 6) is 0.911. The van der Waals surface area contributed by atoms with E-state index in [1.54, 1.807) is 0 Å². The summed E-state index contributed by atoms with van der Waals surface area (Å²) < 4.78 is 7.36. The minimum absolute atomic E-state index is 0.171. The third-order valence-corrected chi connectivity index (χ3v) is 3.30. The van der Waals surface area contributed by atoms with Crippen molar-refractivity contribution in [2.45, 2.75) is 26.8 Å². The first-order chi connectivity index (χ1) is 9.65. The van der Waals surface area contributed by atoms with E-state index in [-0.39, 0.29) is 6.04 Å². The van der Waals surface area contributed by atoms with Gasteiger partial charge in [-0.1, -0.05) is 19.1 Å². The predicted molar refractivity (Wildman–Crippen MR) is 81.1 cm³/mol. The van der Waals surface area contributed by atoms with Gasteiger partial charge in [-0.15, -0.1) is 0 Å². The van der Waals surface area contributed by atoms with Crippen molar-refractivity contribution in [3.8, 4) is 5.75 Å². The monoisotopic (exact) mass is 273 g/mol. The highest BCUT2D eigenvalue weighted by molar-refractivity contribution is 5.36. The van der Waals surface area contributed by atoms with Crippen molar-refractivity contribution >= 4 is 0 Å². The fourth-order valence-corrected chi connectivity index (χ4v) is 2.44. The van der Waals surface area contributed by atoms with Crippen LogP contribution in [-0.2, 0) is 7.05 Å². The zero-order chi connectivity index (χ0) is 14.5. The Hall–Kier alpha value is -1.81. The van der Waals surface area contributed by atoms with Gasteiger partial charge in [0, 0.05) is 18.8 Å². The van der Waals surface area contributed by atoms with Crippen LogP contribution >= 0.6 is 0 Å². The van der Waals surface area contributed by atoms with Crippen LogP contribution < -0.4 is 10.1 Å². The number of aromatic nitrogens is 2. The van der Waals surface area contributed by atoms with E-state index in [9.17, 15) is 0 Å². The molecule has 0 aliphatic carbocycles. The molecule has 1 aromatic heterocycles. The molecule has 0 aliphatic rings. The number of rotatable bonds is 6. The van der Waals surface area contributed by atoms with Gasteiger partial charge in [-0.05, 0) is 38.1 Å². The molecule has 0 spiro atoms. The summed E-state index contributed by atoms with van der Waals surface area (Å²) in [6.07, 6.45) is 2.08. The van der Waals surface area contributed by atoms with Gasteiger partial charge in [-0.2, -0.15) is 5.10 Å². The minimum Gasteiger partial charge on any atom is -0.494 e. The zero-order valence-electron chi connectivity index (χ0n) is 12.7. The molecule has 4 nitrogen and oxygen atoms in total. The molecule has 20 heavy (non-hydrogen) atoms. The first kappa shape index (κ1) is 14.6. The summed E-state index contributed by atoms with van der Waals surface area (Å²) in [7, 11) is 1.96. The largest absolute Gasteiger partial charge is 0.494 e. The zero-order valence-corrected chi connectivity index (χ0v) is 12.7. The Bertz CT molecular complexity index is 545. The molecule has 0 radical (unpaired) electrons. The number of nitrogens with one attached hydrogen (secondary N) is 1. The molecule has 1 unspecified atom stereocenters. The predicted octanol–water partition coefficient (Wildman–Crippen LogP) is 2.83. The standard InChI is InChI=1S/C16H23N3O/c1-5-17-16(15-11-19(4)18-12(15)3)13-7-9-14(10-8-13)20-6-2/h7-11,16-17H,5-6H2,1-4H3. The molecule has 4 heteroatoms. The molecule has 1 N–H and O–H groups in total. The Morgan fingerprint density at radius 3 is 2.45 bits per heavy atom. The highest BCUT2D eigenvalue weighted by atomic mass is 16.5. The van der Waals surface area contributed by atoms with E-state index < -0.39 is 0 Å². The maximum absolute atomic E-state index is 5.50. The average Bonchev–Trinajstić information content (AvgIpc) is 2.76. The highest BCUT2D eigenvalue weighted by Crippen LogP contribution is 2.25. The summed E-state index contributed by atoms with van der Waals surface area (Å²) in [6.45, 7) is 7.76. The second kappa shape index (κ2) is 6.57. The van der Waals surface area contributed by atoms with Crippen molar-refractivity contribution < 1.29 is 4.74 Å². The highest BCUT2D eigenvalue weighted by Gasteiger charge is 2.17. The van der Waals surface area contributed by atoms with Crippen LogP contribution in [0.4, 0.5) is 0 Å². The first-order valence-electron chi connectivity index (χ1n) is 7.12. The van der Waals surface area contributed by atoms with Crippen molar-refractivity contribution in [1.29, 1.82) is 0 Å². The lowest BCUT2D eigenvalue weighted by Crippen LogP contribution is -2.22. The molecule has 2 aromatic rings. The maximum atomic E-state index is 5.50. The Morgan fingerprint density at radius 1 is 1.25 bits per heavy atom. The van der Waals surface area contributed by atoms with E-state index in [1.807, 2.05) is 37.7 Å². The molecule has 0 saturated carbocycles. The number of hydrogen-bond donors (Lipinski definition) is 1. The molecule has 1 atom stereocenters. The summed E-state index contributed by atoms with van der Waals surface area (Å²) >= 11 is 0. The van der Waals surface area contributed by atoms with Gasteiger partial charge in [0.05, 0.1) is 18.3 Å². The van der Waals surface area contributed by atoms with Crippen molar-refractivity contribution in [2.75, 3.05) is 13.2 Å². The van der Waals surface area contributed by atoms with Crippen LogP contribution in [0, 0.1) is 6.92 Å². The second-order valence-electron chi connectivity index (χ2n) is 4.84. The van der Waals surface area contributed by atoms with Gasteiger partial charge in [0.15, 0.2) is 0 Å². The number of hydrogen-bond acceptors (Lipinski definition) is 3. The fourth-order valence-electron chi connectivity index (χ4n) is 2.44. The van der Waals surface area contributed by atoms with Crippen LogP contribution in [0.3, 0.4) is 0 Å². The van der Waals surface area contributed by atoms with Gasteiger partial charge in [0.1, 0.15) is 5.75 Å². The molecular weight excluding hydrogens is 250 g/mol. The third-order valence-electron chi connectivity index (χ3n) is 3.30.